The number of carbonyl (C=O) groups is 2. The summed E-state index contributed by atoms with van der Waals surface area (Å²) < 4.78 is 8.28. The molecule has 0 aliphatic rings. The van der Waals surface area contributed by atoms with Crippen LogP contribution in [0, 0.1) is 0 Å². The predicted molar refractivity (Wildman–Crippen MR) is 99.4 cm³/mol. The highest BCUT2D eigenvalue weighted by Gasteiger charge is 2.06. The summed E-state index contributed by atoms with van der Waals surface area (Å²) in [5.74, 6) is -0.189. The number of hydrogen-bond donors (Lipinski definition) is 2. The molecule has 7 nitrogen and oxygen atoms in total. The Bertz CT molecular complexity index is 979. The molecule has 8 heteroatoms. The van der Waals surface area contributed by atoms with Crippen LogP contribution in [0.4, 0.5) is 0 Å². The van der Waals surface area contributed by atoms with Crippen molar-refractivity contribution in [3.8, 4) is 5.75 Å². The molecule has 2 amide bonds. The van der Waals surface area contributed by atoms with E-state index in [0.29, 0.717) is 10.6 Å². The van der Waals surface area contributed by atoms with E-state index in [-0.39, 0.29) is 19.1 Å². The first-order valence-corrected chi connectivity index (χ1v) is 8.77. The monoisotopic (exact) mass is 370 g/mol. The molecule has 0 unspecified atom stereocenters. The maximum Gasteiger partial charge on any atom is 0.259 e. The number of nitrogens with zero attached hydrogens (tertiary/aromatic N) is 2. The Labute approximate surface area is 153 Å². The van der Waals surface area contributed by atoms with Crippen LogP contribution in [0.2, 0.25) is 0 Å². The van der Waals surface area contributed by atoms with Crippen molar-refractivity contribution in [2.75, 3.05) is 13.2 Å². The van der Waals surface area contributed by atoms with E-state index in [1.807, 2.05) is 54.1 Å². The fourth-order valence-electron chi connectivity index (χ4n) is 2.23. The van der Waals surface area contributed by atoms with Gasteiger partial charge in [0.25, 0.3) is 11.8 Å². The summed E-state index contributed by atoms with van der Waals surface area (Å²) in [5, 5.41) is 6.60. The normalized spacial score (nSPS) is 11.3. The molecule has 0 atom stereocenters. The average molecular weight is 370 g/mol. The van der Waals surface area contributed by atoms with Crippen LogP contribution >= 0.6 is 11.3 Å². The zero-order chi connectivity index (χ0) is 18.4. The molecule has 26 heavy (non-hydrogen) atoms. The molecular weight excluding hydrogens is 352 g/mol. The van der Waals surface area contributed by atoms with E-state index < -0.39 is 5.91 Å². The SMILES string of the molecule is Cn1/c(=N/NC(=O)CNC(=O)COc2ccccc2)sc2ccccc21. The number of rotatable bonds is 6. The van der Waals surface area contributed by atoms with Crippen LogP contribution in [0.1, 0.15) is 0 Å². The average Bonchev–Trinajstić information content (AvgIpc) is 3.00. The van der Waals surface area contributed by atoms with Crippen LogP contribution in [-0.2, 0) is 16.6 Å². The van der Waals surface area contributed by atoms with E-state index in [1.165, 1.54) is 11.3 Å². The Balaban J connectivity index is 1.49. The number of para-hydroxylation sites is 2. The number of hydrogen-bond acceptors (Lipinski definition) is 5. The number of nitrogens with one attached hydrogen (secondary N) is 2. The van der Waals surface area contributed by atoms with Gasteiger partial charge in [-0.25, -0.2) is 5.43 Å². The highest BCUT2D eigenvalue weighted by Crippen LogP contribution is 2.14. The van der Waals surface area contributed by atoms with Crippen molar-refractivity contribution in [1.29, 1.82) is 0 Å². The number of amides is 2. The summed E-state index contributed by atoms with van der Waals surface area (Å²) in [6, 6.07) is 16.9. The van der Waals surface area contributed by atoms with Gasteiger partial charge in [-0.05, 0) is 24.3 Å². The van der Waals surface area contributed by atoms with E-state index in [4.69, 9.17) is 4.74 Å². The second kappa shape index (κ2) is 8.30. The van der Waals surface area contributed by atoms with E-state index in [9.17, 15) is 9.59 Å². The van der Waals surface area contributed by atoms with Crippen LogP contribution in [0.5, 0.6) is 5.75 Å². The standard InChI is InChI=1S/C18H18N4O3S/c1-22-14-9-5-6-10-15(14)26-18(22)21-20-16(23)11-19-17(24)12-25-13-7-3-2-4-8-13/h2-10H,11-12H2,1H3,(H,19,24)(H,20,23)/b21-18-. The maximum absolute atomic E-state index is 11.9. The quantitative estimate of drug-likeness (QED) is 0.643. The van der Waals surface area contributed by atoms with E-state index in [2.05, 4.69) is 15.8 Å². The smallest absolute Gasteiger partial charge is 0.259 e. The molecule has 0 aliphatic heterocycles. The molecular formula is C18H18N4O3S. The van der Waals surface area contributed by atoms with Crippen LogP contribution in [-0.4, -0.2) is 29.5 Å². The first-order valence-electron chi connectivity index (χ1n) is 7.95. The third-order valence-electron chi connectivity index (χ3n) is 3.55. The van der Waals surface area contributed by atoms with Gasteiger partial charge in [0.15, 0.2) is 6.61 Å². The van der Waals surface area contributed by atoms with Gasteiger partial charge in [-0.3, -0.25) is 9.59 Å². The summed E-state index contributed by atoms with van der Waals surface area (Å²) in [4.78, 5) is 24.2. The predicted octanol–water partition coefficient (Wildman–Crippen LogP) is 1.37. The number of fused-ring (bicyclic) bond motifs is 1. The molecule has 134 valence electrons. The number of thiazole rings is 1. The first-order chi connectivity index (χ1) is 12.6. The lowest BCUT2D eigenvalue weighted by molar-refractivity contribution is -0.127. The molecule has 0 fully saturated rings. The highest BCUT2D eigenvalue weighted by atomic mass is 32.1. The highest BCUT2D eigenvalue weighted by molar-refractivity contribution is 7.16. The Morgan fingerprint density at radius 3 is 2.58 bits per heavy atom. The van der Waals surface area contributed by atoms with Gasteiger partial charge >= 0.3 is 0 Å². The van der Waals surface area contributed by atoms with Crippen LogP contribution in [0.25, 0.3) is 10.2 Å². The first kappa shape index (κ1) is 17.7. The molecule has 0 spiro atoms. The fraction of sp³-hybridized carbons (Fsp3) is 0.167. The minimum atomic E-state index is -0.407. The van der Waals surface area contributed by atoms with Gasteiger partial charge in [-0.2, -0.15) is 0 Å². The number of aryl methyl sites for hydroxylation is 1. The van der Waals surface area contributed by atoms with E-state index >= 15 is 0 Å². The topological polar surface area (TPSA) is 84.7 Å². The third kappa shape index (κ3) is 4.48. The van der Waals surface area contributed by atoms with Crippen LogP contribution < -0.4 is 20.3 Å². The zero-order valence-corrected chi connectivity index (χ0v) is 15.0. The van der Waals surface area contributed by atoms with Crippen molar-refractivity contribution in [3.63, 3.8) is 0 Å². The Kier molecular flexibility index (Phi) is 5.65. The van der Waals surface area contributed by atoms with Gasteiger partial charge in [0.1, 0.15) is 5.75 Å². The Morgan fingerprint density at radius 2 is 1.81 bits per heavy atom. The second-order valence-electron chi connectivity index (χ2n) is 5.44. The molecule has 0 saturated carbocycles. The van der Waals surface area contributed by atoms with Gasteiger partial charge in [-0.15, -0.1) is 5.10 Å². The summed E-state index contributed by atoms with van der Waals surface area (Å²) in [5.41, 5.74) is 3.49. The van der Waals surface area contributed by atoms with Gasteiger partial charge in [0.2, 0.25) is 4.80 Å². The molecule has 0 saturated heterocycles. The zero-order valence-electron chi connectivity index (χ0n) is 14.1. The summed E-state index contributed by atoms with van der Waals surface area (Å²) >= 11 is 1.47. The molecule has 1 heterocycles. The molecule has 2 aromatic carbocycles. The lowest BCUT2D eigenvalue weighted by atomic mass is 10.3. The molecule has 3 rings (SSSR count). The van der Waals surface area contributed by atoms with E-state index in [1.54, 1.807) is 12.1 Å². The van der Waals surface area contributed by atoms with Crippen molar-refractivity contribution in [1.82, 2.24) is 15.3 Å². The number of ether oxygens (including phenoxy) is 1. The molecule has 1 aromatic heterocycles. The Morgan fingerprint density at radius 1 is 1.08 bits per heavy atom. The van der Waals surface area contributed by atoms with Crippen molar-refractivity contribution in [3.05, 3.63) is 59.4 Å². The lowest BCUT2D eigenvalue weighted by Crippen LogP contribution is -2.38. The third-order valence-corrected chi connectivity index (χ3v) is 4.66. The minimum Gasteiger partial charge on any atom is -0.484 e. The van der Waals surface area contributed by atoms with E-state index in [0.717, 1.165) is 10.2 Å². The molecule has 0 radical (unpaired) electrons. The largest absolute Gasteiger partial charge is 0.484 e. The van der Waals surface area contributed by atoms with Crippen LogP contribution in [0.15, 0.2) is 59.7 Å². The Hall–Kier alpha value is -3.13. The molecule has 3 aromatic rings. The van der Waals surface area contributed by atoms with Crippen molar-refractivity contribution >= 4 is 33.4 Å². The number of aromatic nitrogens is 1. The molecule has 0 bridgehead atoms. The van der Waals surface area contributed by atoms with Gasteiger partial charge in [0, 0.05) is 7.05 Å². The number of benzene rings is 2. The summed E-state index contributed by atoms with van der Waals surface area (Å²) in [6.07, 6.45) is 0. The fourth-order valence-corrected chi connectivity index (χ4v) is 3.21. The summed E-state index contributed by atoms with van der Waals surface area (Å²) in [7, 11) is 1.88. The maximum atomic E-state index is 11.9. The number of carbonyl (C=O) groups excluding carboxylic acids is 2. The molecule has 0 aliphatic carbocycles. The van der Waals surface area contributed by atoms with Gasteiger partial charge in [0.05, 0.1) is 16.8 Å². The van der Waals surface area contributed by atoms with Crippen molar-refractivity contribution in [2.24, 2.45) is 12.1 Å². The molecule has 2 N–H and O–H groups in total. The summed E-state index contributed by atoms with van der Waals surface area (Å²) in [6.45, 7) is -0.325. The van der Waals surface area contributed by atoms with Crippen molar-refractivity contribution < 1.29 is 14.3 Å². The minimum absolute atomic E-state index is 0.153. The van der Waals surface area contributed by atoms with Crippen molar-refractivity contribution in [2.45, 2.75) is 0 Å². The van der Waals surface area contributed by atoms with Gasteiger partial charge < -0.3 is 14.6 Å². The van der Waals surface area contributed by atoms with Gasteiger partial charge in [-0.1, -0.05) is 41.7 Å². The van der Waals surface area contributed by atoms with Crippen LogP contribution in [0.3, 0.4) is 0 Å². The lowest BCUT2D eigenvalue weighted by Gasteiger charge is -2.06. The second-order valence-corrected chi connectivity index (χ2v) is 6.45.